The molecule has 0 N–H and O–H groups in total. The molecule has 0 saturated carbocycles. The minimum Gasteiger partial charge on any atom is -0.309 e. The molecule has 0 unspecified atom stereocenters. The minimum atomic E-state index is 0.951. The maximum Gasteiger partial charge on any atom is 0.0578 e. The topological polar surface area (TPSA) is 16.1 Å². The number of aromatic nitrogens is 1. The van der Waals surface area contributed by atoms with E-state index < -0.39 is 0 Å². The van der Waals surface area contributed by atoms with Crippen LogP contribution in [0.25, 0.3) is 22.3 Å². The Morgan fingerprint density at radius 1 is 0.543 bits per heavy atom. The highest BCUT2D eigenvalue weighted by Crippen LogP contribution is 2.58. The van der Waals surface area contributed by atoms with Gasteiger partial charge in [0.2, 0.25) is 0 Å². The minimum absolute atomic E-state index is 0.951. The fourth-order valence-electron chi connectivity index (χ4n) is 7.21. The predicted molar refractivity (Wildman–Crippen MR) is 141 cm³/mol. The van der Waals surface area contributed by atoms with Crippen molar-refractivity contribution in [3.05, 3.63) is 130 Å². The fourth-order valence-corrected chi connectivity index (χ4v) is 7.21. The van der Waals surface area contributed by atoms with Crippen LogP contribution in [0.4, 0.5) is 17.1 Å². The summed E-state index contributed by atoms with van der Waals surface area (Å²) in [6.07, 6.45) is 8.03. The van der Waals surface area contributed by atoms with Gasteiger partial charge >= 0.3 is 0 Å². The highest BCUT2D eigenvalue weighted by Gasteiger charge is 2.38. The number of hydrogen-bond donors (Lipinski definition) is 0. The molecule has 4 aromatic carbocycles. The molecule has 0 bridgehead atoms. The van der Waals surface area contributed by atoms with E-state index in [0.29, 0.717) is 0 Å². The van der Waals surface area contributed by atoms with Crippen molar-refractivity contribution in [1.29, 1.82) is 0 Å². The first-order valence-electron chi connectivity index (χ1n) is 12.6. The summed E-state index contributed by atoms with van der Waals surface area (Å²) in [5, 5.41) is 0. The van der Waals surface area contributed by atoms with Gasteiger partial charge < -0.3 is 4.90 Å². The second kappa shape index (κ2) is 6.28. The third-order valence-electron chi connectivity index (χ3n) is 8.56. The molecule has 2 aliphatic heterocycles. The van der Waals surface area contributed by atoms with Gasteiger partial charge in [-0.3, -0.25) is 4.98 Å². The quantitative estimate of drug-likeness (QED) is 0.240. The van der Waals surface area contributed by atoms with Gasteiger partial charge in [0.15, 0.2) is 0 Å². The van der Waals surface area contributed by atoms with Gasteiger partial charge in [0, 0.05) is 30.8 Å². The van der Waals surface area contributed by atoms with Crippen LogP contribution in [0, 0.1) is 0 Å². The molecule has 1 aromatic heterocycles. The van der Waals surface area contributed by atoms with E-state index in [1.807, 2.05) is 6.20 Å². The highest BCUT2D eigenvalue weighted by molar-refractivity contribution is 6.01. The standard InChI is InChI=1S/C33H22N2/c1-3-7-26-20(6-1)14-23-15-24-16-25-18-34-12-11-29(25)35-32(24)28(30(23)26)17-22-10-9-21-13-19-5-2-4-8-27(19)31(21)33(22)35/h1-12,15,18H,13-14,16-17H2. The lowest BCUT2D eigenvalue weighted by Crippen LogP contribution is -2.26. The second-order valence-electron chi connectivity index (χ2n) is 10.4. The summed E-state index contributed by atoms with van der Waals surface area (Å²) in [6, 6.07) is 27.5. The van der Waals surface area contributed by atoms with Crippen LogP contribution in [0.15, 0.2) is 85.2 Å². The van der Waals surface area contributed by atoms with Crippen LogP contribution in [0.1, 0.15) is 44.5 Å². The second-order valence-corrected chi connectivity index (χ2v) is 10.4. The van der Waals surface area contributed by atoms with E-state index >= 15 is 0 Å². The third-order valence-corrected chi connectivity index (χ3v) is 8.56. The first-order valence-corrected chi connectivity index (χ1v) is 12.6. The number of fused-ring (bicyclic) bond motifs is 12. The normalized spacial score (nSPS) is 14.9. The molecule has 2 heteroatoms. The van der Waals surface area contributed by atoms with Crippen molar-refractivity contribution in [2.24, 2.45) is 0 Å². The maximum absolute atomic E-state index is 4.52. The van der Waals surface area contributed by atoms with Crippen molar-refractivity contribution < 1.29 is 0 Å². The van der Waals surface area contributed by atoms with Crippen LogP contribution in [-0.4, -0.2) is 4.98 Å². The van der Waals surface area contributed by atoms with E-state index in [-0.39, 0.29) is 0 Å². The summed E-state index contributed by atoms with van der Waals surface area (Å²) in [5.41, 5.74) is 21.4. The summed E-state index contributed by atoms with van der Waals surface area (Å²) >= 11 is 0. The molecule has 0 saturated heterocycles. The zero-order valence-electron chi connectivity index (χ0n) is 19.3. The van der Waals surface area contributed by atoms with Crippen molar-refractivity contribution in [3.63, 3.8) is 0 Å². The highest BCUT2D eigenvalue weighted by atomic mass is 15.2. The van der Waals surface area contributed by atoms with Crippen LogP contribution >= 0.6 is 0 Å². The van der Waals surface area contributed by atoms with Crippen LogP contribution in [0.3, 0.4) is 0 Å². The van der Waals surface area contributed by atoms with E-state index in [1.165, 1.54) is 83.8 Å². The van der Waals surface area contributed by atoms with E-state index in [4.69, 9.17) is 0 Å². The first-order chi connectivity index (χ1) is 17.3. The fraction of sp³-hybridized carbons (Fsp3) is 0.121. The van der Waals surface area contributed by atoms with Crippen molar-refractivity contribution in [2.75, 3.05) is 4.90 Å². The SMILES string of the molecule is c1ccc2c(c1)Cc1cc3c4c(c1-2)Cc1ccc2c(c1N4c1ccncc1C3)-c1ccccc1C2. The number of rotatable bonds is 0. The Balaban J connectivity index is 1.40. The zero-order chi connectivity index (χ0) is 22.7. The van der Waals surface area contributed by atoms with Crippen molar-refractivity contribution in [3.8, 4) is 22.3 Å². The number of nitrogens with zero attached hydrogens (tertiary/aromatic N) is 2. The zero-order valence-corrected chi connectivity index (χ0v) is 19.3. The molecule has 2 nitrogen and oxygen atoms in total. The predicted octanol–water partition coefficient (Wildman–Crippen LogP) is 7.50. The summed E-state index contributed by atoms with van der Waals surface area (Å²) in [5.74, 6) is 0. The average molecular weight is 447 g/mol. The van der Waals surface area contributed by atoms with E-state index in [9.17, 15) is 0 Å². The molecule has 9 rings (SSSR count). The molecule has 0 amide bonds. The molecule has 0 atom stereocenters. The molecule has 164 valence electrons. The van der Waals surface area contributed by atoms with Gasteiger partial charge in [-0.05, 0) is 80.1 Å². The van der Waals surface area contributed by atoms with Crippen LogP contribution in [0.2, 0.25) is 0 Å². The average Bonchev–Trinajstić information content (AvgIpc) is 3.46. The monoisotopic (exact) mass is 446 g/mol. The number of benzene rings is 4. The lowest BCUT2D eigenvalue weighted by Gasteiger charge is -2.41. The number of anilines is 3. The largest absolute Gasteiger partial charge is 0.309 e. The summed E-state index contributed by atoms with van der Waals surface area (Å²) in [4.78, 5) is 7.13. The molecular weight excluding hydrogens is 424 g/mol. The smallest absolute Gasteiger partial charge is 0.0578 e. The Labute approximate surface area is 204 Å². The molecule has 0 fully saturated rings. The van der Waals surface area contributed by atoms with E-state index in [1.54, 1.807) is 0 Å². The Kier molecular flexibility index (Phi) is 3.27. The number of hydrogen-bond acceptors (Lipinski definition) is 2. The van der Waals surface area contributed by atoms with Gasteiger partial charge in [0.05, 0.1) is 17.1 Å². The van der Waals surface area contributed by atoms with Gasteiger partial charge in [0.1, 0.15) is 0 Å². The Morgan fingerprint density at radius 2 is 1.26 bits per heavy atom. The molecule has 2 aliphatic carbocycles. The van der Waals surface area contributed by atoms with E-state index in [0.717, 1.165) is 25.7 Å². The van der Waals surface area contributed by atoms with Gasteiger partial charge in [-0.25, -0.2) is 0 Å². The Hall–Kier alpha value is -4.17. The lowest BCUT2D eigenvalue weighted by molar-refractivity contribution is 0.996. The van der Waals surface area contributed by atoms with Gasteiger partial charge in [-0.1, -0.05) is 66.7 Å². The van der Waals surface area contributed by atoms with Crippen molar-refractivity contribution in [2.45, 2.75) is 25.7 Å². The Morgan fingerprint density at radius 3 is 2.11 bits per heavy atom. The molecule has 0 spiro atoms. The van der Waals surface area contributed by atoms with Crippen LogP contribution in [-0.2, 0) is 25.7 Å². The molecule has 35 heavy (non-hydrogen) atoms. The lowest BCUT2D eigenvalue weighted by atomic mass is 9.81. The first kappa shape index (κ1) is 18.2. The molecule has 4 aliphatic rings. The van der Waals surface area contributed by atoms with Gasteiger partial charge in [-0.2, -0.15) is 0 Å². The van der Waals surface area contributed by atoms with Crippen molar-refractivity contribution >= 4 is 17.1 Å². The molecular formula is C33H22N2. The Bertz CT molecular complexity index is 1760. The van der Waals surface area contributed by atoms with Crippen LogP contribution < -0.4 is 4.90 Å². The molecule has 5 aromatic rings. The number of pyridine rings is 1. The van der Waals surface area contributed by atoms with Crippen molar-refractivity contribution in [1.82, 2.24) is 4.98 Å². The van der Waals surface area contributed by atoms with Crippen LogP contribution in [0.5, 0.6) is 0 Å². The molecule has 3 heterocycles. The molecule has 0 radical (unpaired) electrons. The summed E-state index contributed by atoms with van der Waals surface area (Å²) in [6.45, 7) is 0. The maximum atomic E-state index is 4.52. The van der Waals surface area contributed by atoms with Gasteiger partial charge in [0.25, 0.3) is 0 Å². The van der Waals surface area contributed by atoms with E-state index in [2.05, 4.69) is 88.9 Å². The summed E-state index contributed by atoms with van der Waals surface area (Å²) < 4.78 is 0. The summed E-state index contributed by atoms with van der Waals surface area (Å²) in [7, 11) is 0. The van der Waals surface area contributed by atoms with Gasteiger partial charge in [-0.15, -0.1) is 0 Å². The third kappa shape index (κ3) is 2.23.